The SMILES string of the molecule is CC(C)Cc1cccc(CCCOc2ccc(S(=O)(=O)C3(C(=O)NO)CCOCC3)cc2)c1.CN(C)c1cccc(CCCOc2ccc(S(=O)(=O)C3(C(=O)NO)CCN(C4CC4)CC3)cc2)c1. The van der Waals surface area contributed by atoms with Crippen molar-refractivity contribution in [2.75, 3.05) is 58.5 Å². The van der Waals surface area contributed by atoms with Gasteiger partial charge in [0, 0.05) is 52.1 Å². The Labute approximate surface area is 401 Å². The Kier molecular flexibility index (Phi) is 18.1. The zero-order chi connectivity index (χ0) is 49.0. The fourth-order valence-corrected chi connectivity index (χ4v) is 12.9. The zero-order valence-electron chi connectivity index (χ0n) is 39.7. The molecule has 1 saturated carbocycles. The van der Waals surface area contributed by atoms with Crippen LogP contribution in [0.2, 0.25) is 0 Å². The van der Waals surface area contributed by atoms with Crippen LogP contribution in [-0.2, 0) is 53.3 Å². The topological polar surface area (TPSA) is 201 Å². The Bertz CT molecular complexity index is 2500. The Hall–Kier alpha value is -5.04. The minimum Gasteiger partial charge on any atom is -0.494 e. The smallest absolute Gasteiger partial charge is 0.265 e. The van der Waals surface area contributed by atoms with E-state index in [1.807, 2.05) is 20.2 Å². The quantitative estimate of drug-likeness (QED) is 0.0412. The van der Waals surface area contributed by atoms with Gasteiger partial charge in [-0.2, -0.15) is 0 Å². The van der Waals surface area contributed by atoms with Crippen molar-refractivity contribution >= 4 is 37.2 Å². The van der Waals surface area contributed by atoms with Gasteiger partial charge in [-0.1, -0.05) is 50.2 Å². The molecule has 4 N–H and O–H groups in total. The summed E-state index contributed by atoms with van der Waals surface area (Å²) in [5, 5.41) is 18.5. The van der Waals surface area contributed by atoms with Gasteiger partial charge in [0.25, 0.3) is 11.8 Å². The lowest BCUT2D eigenvalue weighted by molar-refractivity contribution is -0.134. The van der Waals surface area contributed by atoms with E-state index in [1.54, 1.807) is 29.7 Å². The molecule has 4 aromatic carbocycles. The lowest BCUT2D eigenvalue weighted by atomic mass is 9.94. The van der Waals surface area contributed by atoms with Crippen LogP contribution in [0.5, 0.6) is 11.5 Å². The minimum absolute atomic E-state index is 0.0155. The van der Waals surface area contributed by atoms with Crippen LogP contribution in [0, 0.1) is 5.92 Å². The number of ether oxygens (including phenoxy) is 3. The standard InChI is InChI=1S/C26H35N3O5S.C25H33NO6S/c1-28(2)22-7-3-5-20(19-22)6-4-18-34-23-10-12-24(13-11-23)35(32,33)26(25(30)27-31)14-16-29(17-15-26)21-8-9-21;1-19(2)17-21-6-3-5-20(18-21)7-4-14-32-22-8-10-23(11-9-22)33(29,30)25(24(27)26-28)12-15-31-16-13-25/h3,5,7,10-13,19,21,31H,4,6,8-9,14-18H2,1-2H3,(H,27,30);3,5-6,8-11,18-19,28H,4,7,12-17H2,1-2H3,(H,26,27). The number of anilines is 1. The van der Waals surface area contributed by atoms with Gasteiger partial charge >= 0.3 is 0 Å². The van der Waals surface area contributed by atoms with Crippen LogP contribution in [-0.4, -0.2) is 113 Å². The molecule has 2 aliphatic heterocycles. The molecule has 2 saturated heterocycles. The van der Waals surface area contributed by atoms with Gasteiger partial charge in [0.2, 0.25) is 0 Å². The maximum atomic E-state index is 13.6. The molecule has 0 spiro atoms. The third-order valence-corrected chi connectivity index (χ3v) is 18.1. The molecular weight excluding hydrogens is 909 g/mol. The summed E-state index contributed by atoms with van der Waals surface area (Å²) in [6.07, 6.45) is 7.04. The summed E-state index contributed by atoms with van der Waals surface area (Å²) in [7, 11) is -4.01. The number of hydrogen-bond acceptors (Lipinski definition) is 13. The van der Waals surface area contributed by atoms with Crippen molar-refractivity contribution in [1.82, 2.24) is 15.9 Å². The van der Waals surface area contributed by atoms with E-state index in [2.05, 4.69) is 66.1 Å². The maximum Gasteiger partial charge on any atom is 0.265 e. The molecular formula is C51H68N4O11S2. The number of aryl methyl sites for hydroxylation is 2. The first-order valence-electron chi connectivity index (χ1n) is 23.6. The molecule has 15 nitrogen and oxygen atoms in total. The van der Waals surface area contributed by atoms with Crippen LogP contribution in [0.3, 0.4) is 0 Å². The molecule has 3 fully saturated rings. The van der Waals surface area contributed by atoms with E-state index < -0.39 is 41.0 Å². The summed E-state index contributed by atoms with van der Waals surface area (Å²) in [6, 6.07) is 29.8. The highest BCUT2D eigenvalue weighted by atomic mass is 32.2. The average molecular weight is 977 g/mol. The van der Waals surface area contributed by atoms with Crippen LogP contribution < -0.4 is 25.3 Å². The molecule has 17 heteroatoms. The number of sulfone groups is 2. The molecule has 0 bridgehead atoms. The summed E-state index contributed by atoms with van der Waals surface area (Å²) in [6.45, 7) is 6.75. The first kappa shape index (κ1) is 52.3. The lowest BCUT2D eigenvalue weighted by Gasteiger charge is -2.39. The molecule has 2 heterocycles. The number of nitrogens with one attached hydrogen (secondary N) is 2. The number of nitrogens with zero attached hydrogens (tertiary/aromatic N) is 2. The number of hydrogen-bond donors (Lipinski definition) is 4. The van der Waals surface area contributed by atoms with Crippen LogP contribution in [0.4, 0.5) is 5.69 Å². The number of amides is 2. The van der Waals surface area contributed by atoms with Crippen LogP contribution >= 0.6 is 0 Å². The molecule has 0 radical (unpaired) electrons. The summed E-state index contributed by atoms with van der Waals surface area (Å²) in [5.41, 5.74) is 8.16. The highest BCUT2D eigenvalue weighted by molar-refractivity contribution is 7.94. The Morgan fingerprint density at radius 3 is 1.60 bits per heavy atom. The molecule has 370 valence electrons. The van der Waals surface area contributed by atoms with Crippen molar-refractivity contribution in [2.24, 2.45) is 5.92 Å². The van der Waals surface area contributed by atoms with Gasteiger partial charge in [0.15, 0.2) is 29.2 Å². The number of likely N-dealkylation sites (tertiary alicyclic amines) is 1. The van der Waals surface area contributed by atoms with E-state index in [9.17, 15) is 31.6 Å². The van der Waals surface area contributed by atoms with Gasteiger partial charge < -0.3 is 24.0 Å². The third kappa shape index (κ3) is 12.6. The molecule has 2 amide bonds. The van der Waals surface area contributed by atoms with Gasteiger partial charge in [-0.3, -0.25) is 20.0 Å². The number of rotatable bonds is 20. The van der Waals surface area contributed by atoms with Crippen molar-refractivity contribution in [3.05, 3.63) is 114 Å². The first-order chi connectivity index (χ1) is 32.5. The van der Waals surface area contributed by atoms with E-state index in [4.69, 9.17) is 19.4 Å². The van der Waals surface area contributed by atoms with Gasteiger partial charge in [-0.15, -0.1) is 0 Å². The number of carbonyl (C=O) groups is 2. The molecule has 3 aliphatic rings. The molecule has 68 heavy (non-hydrogen) atoms. The fraction of sp³-hybridized carbons (Fsp3) is 0.490. The molecule has 0 unspecified atom stereocenters. The number of hydroxylamine groups is 2. The number of piperidine rings is 1. The molecule has 0 aromatic heterocycles. The highest BCUT2D eigenvalue weighted by Crippen LogP contribution is 2.40. The van der Waals surface area contributed by atoms with E-state index in [0.29, 0.717) is 49.8 Å². The second-order valence-electron chi connectivity index (χ2n) is 18.6. The minimum atomic E-state index is -4.03. The van der Waals surface area contributed by atoms with Crippen LogP contribution in [0.1, 0.15) is 81.9 Å². The van der Waals surface area contributed by atoms with Crippen molar-refractivity contribution in [3.8, 4) is 11.5 Å². The third-order valence-electron chi connectivity index (χ3n) is 13.1. The Morgan fingerprint density at radius 2 is 1.15 bits per heavy atom. The van der Waals surface area contributed by atoms with Gasteiger partial charge in [-0.05, 0) is 154 Å². The largest absolute Gasteiger partial charge is 0.494 e. The van der Waals surface area contributed by atoms with Gasteiger partial charge in [0.1, 0.15) is 11.5 Å². The average Bonchev–Trinajstić information content (AvgIpc) is 4.20. The van der Waals surface area contributed by atoms with Crippen LogP contribution in [0.15, 0.2) is 107 Å². The van der Waals surface area contributed by atoms with Crippen molar-refractivity contribution in [1.29, 1.82) is 0 Å². The number of carbonyl (C=O) groups excluding carboxylic acids is 2. The highest BCUT2D eigenvalue weighted by Gasteiger charge is 2.54. The summed E-state index contributed by atoms with van der Waals surface area (Å²) < 4.78 is 67.1. The van der Waals surface area contributed by atoms with Crippen molar-refractivity contribution in [3.63, 3.8) is 0 Å². The van der Waals surface area contributed by atoms with E-state index >= 15 is 0 Å². The fourth-order valence-electron chi connectivity index (χ4n) is 9.02. The first-order valence-corrected chi connectivity index (χ1v) is 26.5. The predicted octanol–water partition coefficient (Wildman–Crippen LogP) is 6.77. The second-order valence-corrected chi connectivity index (χ2v) is 23.1. The van der Waals surface area contributed by atoms with Crippen molar-refractivity contribution < 1.29 is 51.0 Å². The van der Waals surface area contributed by atoms with Crippen molar-refractivity contribution in [2.45, 2.75) is 110 Å². The number of benzene rings is 4. The second kappa shape index (κ2) is 23.5. The lowest BCUT2D eigenvalue weighted by Crippen LogP contribution is -2.58. The zero-order valence-corrected chi connectivity index (χ0v) is 41.3. The van der Waals surface area contributed by atoms with E-state index in [1.165, 1.54) is 46.4 Å². The Balaban J connectivity index is 0.000000224. The monoisotopic (exact) mass is 976 g/mol. The Morgan fingerprint density at radius 1 is 0.691 bits per heavy atom. The molecule has 1 aliphatic carbocycles. The normalized spacial score (nSPS) is 17.0. The van der Waals surface area contributed by atoms with Gasteiger partial charge in [0.05, 0.1) is 23.0 Å². The molecule has 0 atom stereocenters. The summed E-state index contributed by atoms with van der Waals surface area (Å²) in [5.74, 6) is -0.0183. The van der Waals surface area contributed by atoms with E-state index in [-0.39, 0.29) is 48.7 Å². The predicted molar refractivity (Wildman–Crippen MR) is 260 cm³/mol. The summed E-state index contributed by atoms with van der Waals surface area (Å²) in [4.78, 5) is 29.3. The van der Waals surface area contributed by atoms with Crippen LogP contribution in [0.25, 0.3) is 0 Å². The summed E-state index contributed by atoms with van der Waals surface area (Å²) >= 11 is 0. The molecule has 4 aromatic rings. The van der Waals surface area contributed by atoms with Gasteiger partial charge in [-0.25, -0.2) is 27.8 Å². The van der Waals surface area contributed by atoms with E-state index in [0.717, 1.165) is 50.6 Å². The maximum absolute atomic E-state index is 13.6. The molecule has 7 rings (SSSR count).